The second-order valence-corrected chi connectivity index (χ2v) is 6.03. The molecule has 0 amide bonds. The summed E-state index contributed by atoms with van der Waals surface area (Å²) in [4.78, 5) is 2.68. The first kappa shape index (κ1) is 14.5. The molecule has 1 aromatic carbocycles. The zero-order chi connectivity index (χ0) is 13.7. The summed E-state index contributed by atoms with van der Waals surface area (Å²) in [6.45, 7) is 6.82. The number of aryl methyl sites for hydroxylation is 1. The van der Waals surface area contributed by atoms with Crippen molar-refractivity contribution in [1.82, 2.24) is 10.2 Å². The fourth-order valence-electron chi connectivity index (χ4n) is 2.99. The monoisotopic (exact) mass is 260 g/mol. The van der Waals surface area contributed by atoms with E-state index in [1.54, 1.807) is 0 Å². The Hall–Kier alpha value is -0.860. The van der Waals surface area contributed by atoms with E-state index < -0.39 is 0 Å². The topological polar surface area (TPSA) is 15.3 Å². The smallest absolute Gasteiger partial charge is 0.0236 e. The molecule has 0 aromatic heterocycles. The molecule has 0 spiro atoms. The Balaban J connectivity index is 1.97. The Morgan fingerprint density at radius 2 is 2.00 bits per heavy atom. The zero-order valence-electron chi connectivity index (χ0n) is 12.7. The lowest BCUT2D eigenvalue weighted by Gasteiger charge is -2.37. The normalized spacial score (nSPS) is 22.4. The molecule has 2 heteroatoms. The molecular weight excluding hydrogens is 232 g/mol. The first-order chi connectivity index (χ1) is 9.19. The Morgan fingerprint density at radius 1 is 1.26 bits per heavy atom. The molecule has 1 aliphatic heterocycles. The third-order valence-corrected chi connectivity index (χ3v) is 4.37. The largest absolute Gasteiger partial charge is 0.317 e. The minimum Gasteiger partial charge on any atom is -0.317 e. The predicted octanol–water partition coefficient (Wildman–Crippen LogP) is 3.35. The van der Waals surface area contributed by atoms with Crippen LogP contribution < -0.4 is 5.32 Å². The highest BCUT2D eigenvalue weighted by molar-refractivity contribution is 5.21. The summed E-state index contributed by atoms with van der Waals surface area (Å²) in [7, 11) is 2.07. The van der Waals surface area contributed by atoms with E-state index in [-0.39, 0.29) is 0 Å². The van der Waals surface area contributed by atoms with Crippen molar-refractivity contribution >= 4 is 0 Å². The highest BCUT2D eigenvalue weighted by atomic mass is 15.2. The lowest BCUT2D eigenvalue weighted by atomic mass is 9.95. The van der Waals surface area contributed by atoms with Crippen LogP contribution in [0.5, 0.6) is 0 Å². The van der Waals surface area contributed by atoms with Gasteiger partial charge in [-0.25, -0.2) is 0 Å². The van der Waals surface area contributed by atoms with Crippen LogP contribution in [-0.2, 0) is 6.54 Å². The molecule has 0 bridgehead atoms. The maximum Gasteiger partial charge on any atom is 0.0236 e. The first-order valence-corrected chi connectivity index (χ1v) is 7.66. The average molecular weight is 260 g/mol. The van der Waals surface area contributed by atoms with Gasteiger partial charge in [0.25, 0.3) is 0 Å². The van der Waals surface area contributed by atoms with Gasteiger partial charge >= 0.3 is 0 Å². The van der Waals surface area contributed by atoms with Crippen LogP contribution in [-0.4, -0.2) is 30.6 Å². The third-order valence-electron chi connectivity index (χ3n) is 4.37. The molecule has 2 rings (SSSR count). The maximum absolute atomic E-state index is 3.38. The van der Waals surface area contributed by atoms with Gasteiger partial charge in [-0.15, -0.1) is 0 Å². The molecule has 1 fully saturated rings. The number of nitrogens with one attached hydrogen (secondary N) is 1. The van der Waals surface area contributed by atoms with Gasteiger partial charge in [-0.05, 0) is 52.3 Å². The highest BCUT2D eigenvalue weighted by Gasteiger charge is 2.23. The van der Waals surface area contributed by atoms with E-state index >= 15 is 0 Å². The molecule has 0 aliphatic carbocycles. The van der Waals surface area contributed by atoms with Gasteiger partial charge in [0.1, 0.15) is 0 Å². The fraction of sp³-hybridized carbons (Fsp3) is 0.647. The van der Waals surface area contributed by atoms with Crippen LogP contribution in [0.4, 0.5) is 0 Å². The summed E-state index contributed by atoms with van der Waals surface area (Å²) in [6.07, 6.45) is 5.38. The third kappa shape index (κ3) is 4.32. The van der Waals surface area contributed by atoms with Gasteiger partial charge in [-0.1, -0.05) is 36.2 Å². The Bertz CT molecular complexity index is 371. The van der Waals surface area contributed by atoms with Crippen molar-refractivity contribution in [3.8, 4) is 0 Å². The van der Waals surface area contributed by atoms with Crippen molar-refractivity contribution in [2.45, 2.75) is 58.2 Å². The second-order valence-electron chi connectivity index (χ2n) is 6.03. The van der Waals surface area contributed by atoms with Crippen LogP contribution in [0.3, 0.4) is 0 Å². The molecule has 1 aliphatic rings. The molecule has 1 heterocycles. The quantitative estimate of drug-likeness (QED) is 0.873. The molecule has 19 heavy (non-hydrogen) atoms. The summed E-state index contributed by atoms with van der Waals surface area (Å²) < 4.78 is 0. The van der Waals surface area contributed by atoms with Crippen molar-refractivity contribution in [1.29, 1.82) is 0 Å². The molecule has 2 atom stereocenters. The van der Waals surface area contributed by atoms with Crippen LogP contribution in [0, 0.1) is 6.92 Å². The molecule has 1 saturated heterocycles. The summed E-state index contributed by atoms with van der Waals surface area (Å²) in [6, 6.07) is 10.4. The van der Waals surface area contributed by atoms with Crippen LogP contribution in [0.2, 0.25) is 0 Å². The van der Waals surface area contributed by atoms with Gasteiger partial charge in [-0.3, -0.25) is 4.90 Å². The fourth-order valence-corrected chi connectivity index (χ4v) is 2.99. The standard InChI is InChI=1S/C17H28N2/c1-14-7-9-16(10-8-14)13-19-11-5-4-6-17(19)12-15(2)18-3/h7-10,15,17-18H,4-6,11-13H2,1-3H3. The summed E-state index contributed by atoms with van der Waals surface area (Å²) >= 11 is 0. The first-order valence-electron chi connectivity index (χ1n) is 7.66. The maximum atomic E-state index is 3.38. The number of rotatable bonds is 5. The highest BCUT2D eigenvalue weighted by Crippen LogP contribution is 2.23. The number of hydrogen-bond acceptors (Lipinski definition) is 2. The molecule has 2 unspecified atom stereocenters. The van der Waals surface area contributed by atoms with Crippen LogP contribution in [0.1, 0.15) is 43.7 Å². The van der Waals surface area contributed by atoms with E-state index in [0.29, 0.717) is 6.04 Å². The Kier molecular flexibility index (Phi) is 5.41. The summed E-state index contributed by atoms with van der Waals surface area (Å²) in [5.41, 5.74) is 2.80. The Labute approximate surface area is 118 Å². The summed E-state index contributed by atoms with van der Waals surface area (Å²) in [5, 5.41) is 3.38. The van der Waals surface area contributed by atoms with Gasteiger partial charge in [0, 0.05) is 18.6 Å². The van der Waals surface area contributed by atoms with Crippen LogP contribution in [0.25, 0.3) is 0 Å². The number of likely N-dealkylation sites (tertiary alicyclic amines) is 1. The number of benzene rings is 1. The Morgan fingerprint density at radius 3 is 2.68 bits per heavy atom. The van der Waals surface area contributed by atoms with Crippen molar-refractivity contribution < 1.29 is 0 Å². The molecule has 2 nitrogen and oxygen atoms in total. The van der Waals surface area contributed by atoms with E-state index in [1.165, 1.54) is 43.4 Å². The number of piperidine rings is 1. The molecular formula is C17H28N2. The van der Waals surface area contributed by atoms with Gasteiger partial charge in [-0.2, -0.15) is 0 Å². The van der Waals surface area contributed by atoms with Crippen molar-refractivity contribution in [2.75, 3.05) is 13.6 Å². The lowest BCUT2D eigenvalue weighted by molar-refractivity contribution is 0.125. The molecule has 0 radical (unpaired) electrons. The van der Waals surface area contributed by atoms with Crippen molar-refractivity contribution in [3.05, 3.63) is 35.4 Å². The molecule has 106 valence electrons. The lowest BCUT2D eigenvalue weighted by Crippen LogP contribution is -2.42. The predicted molar refractivity (Wildman–Crippen MR) is 82.4 cm³/mol. The summed E-state index contributed by atoms with van der Waals surface area (Å²) in [5.74, 6) is 0. The average Bonchev–Trinajstić information content (AvgIpc) is 2.43. The zero-order valence-corrected chi connectivity index (χ0v) is 12.7. The van der Waals surface area contributed by atoms with Gasteiger partial charge in [0.05, 0.1) is 0 Å². The van der Waals surface area contributed by atoms with Crippen LogP contribution >= 0.6 is 0 Å². The molecule has 1 aromatic rings. The second kappa shape index (κ2) is 7.06. The number of nitrogens with zero attached hydrogens (tertiary/aromatic N) is 1. The van der Waals surface area contributed by atoms with Crippen LogP contribution in [0.15, 0.2) is 24.3 Å². The van der Waals surface area contributed by atoms with Crippen molar-refractivity contribution in [3.63, 3.8) is 0 Å². The van der Waals surface area contributed by atoms with E-state index in [2.05, 4.69) is 55.4 Å². The van der Waals surface area contributed by atoms with Gasteiger partial charge in [0.15, 0.2) is 0 Å². The minimum atomic E-state index is 0.614. The molecule has 1 N–H and O–H groups in total. The van der Waals surface area contributed by atoms with E-state index in [9.17, 15) is 0 Å². The van der Waals surface area contributed by atoms with Gasteiger partial charge in [0.2, 0.25) is 0 Å². The van der Waals surface area contributed by atoms with E-state index in [0.717, 1.165) is 12.6 Å². The molecule has 0 saturated carbocycles. The van der Waals surface area contributed by atoms with E-state index in [1.807, 2.05) is 0 Å². The number of hydrogen-bond donors (Lipinski definition) is 1. The van der Waals surface area contributed by atoms with Crippen molar-refractivity contribution in [2.24, 2.45) is 0 Å². The SMILES string of the molecule is CNC(C)CC1CCCCN1Cc1ccc(C)cc1. The minimum absolute atomic E-state index is 0.614. The van der Waals surface area contributed by atoms with E-state index in [4.69, 9.17) is 0 Å². The van der Waals surface area contributed by atoms with Gasteiger partial charge < -0.3 is 5.32 Å².